The van der Waals surface area contributed by atoms with Gasteiger partial charge in [-0.2, -0.15) is 4.57 Å². The van der Waals surface area contributed by atoms with Crippen LogP contribution in [-0.2, 0) is 6.73 Å². The summed E-state index contributed by atoms with van der Waals surface area (Å²) in [4.78, 5) is 0. The fourth-order valence-corrected chi connectivity index (χ4v) is 3.58. The first-order chi connectivity index (χ1) is 11.3. The Balaban J connectivity index is 1.98. The van der Waals surface area contributed by atoms with Crippen molar-refractivity contribution in [1.82, 2.24) is 0 Å². The number of rotatable bonds is 1. The van der Waals surface area contributed by atoms with Crippen LogP contribution < -0.4 is 9.30 Å². The second-order valence-electron chi connectivity index (χ2n) is 6.09. The van der Waals surface area contributed by atoms with Gasteiger partial charge in [0.15, 0.2) is 5.69 Å². The van der Waals surface area contributed by atoms with Crippen molar-refractivity contribution in [2.45, 2.75) is 13.7 Å². The third-order valence-corrected chi connectivity index (χ3v) is 4.77. The molecule has 3 aromatic carbocycles. The zero-order chi connectivity index (χ0) is 15.4. The number of nitrogens with zero attached hydrogens (tertiary/aromatic N) is 1. The van der Waals surface area contributed by atoms with Gasteiger partial charge in [-0.05, 0) is 29.1 Å². The standard InChI is InChI=1S/C21H16NO/c1-14-7-8-17-10-9-16-11-12-18(15-5-3-2-4-6-15)21-19(16)20(17)22(14)13-23-21/h2-12H,13H2,1H3/q+1. The number of aryl methyl sites for hydroxylation is 1. The maximum absolute atomic E-state index is 6.22. The molecule has 1 aromatic heterocycles. The number of pyridine rings is 1. The first-order valence-electron chi connectivity index (χ1n) is 7.90. The number of benzene rings is 3. The minimum atomic E-state index is 0.569. The Bertz CT molecular complexity index is 1070. The first-order valence-corrected chi connectivity index (χ1v) is 7.90. The monoisotopic (exact) mass is 298 g/mol. The van der Waals surface area contributed by atoms with E-state index in [0.717, 1.165) is 5.75 Å². The van der Waals surface area contributed by atoms with Gasteiger partial charge in [0.25, 0.3) is 6.73 Å². The van der Waals surface area contributed by atoms with Crippen LogP contribution in [0.3, 0.4) is 0 Å². The van der Waals surface area contributed by atoms with Gasteiger partial charge in [0.2, 0.25) is 5.52 Å². The van der Waals surface area contributed by atoms with Gasteiger partial charge < -0.3 is 4.74 Å². The first kappa shape index (κ1) is 12.7. The van der Waals surface area contributed by atoms with E-state index in [9.17, 15) is 0 Å². The average molecular weight is 298 g/mol. The van der Waals surface area contributed by atoms with E-state index in [-0.39, 0.29) is 0 Å². The molecule has 0 saturated carbocycles. The van der Waals surface area contributed by atoms with Gasteiger partial charge >= 0.3 is 0 Å². The molecule has 23 heavy (non-hydrogen) atoms. The maximum Gasteiger partial charge on any atom is 0.292 e. The molecule has 110 valence electrons. The number of hydrogen-bond acceptors (Lipinski definition) is 1. The lowest BCUT2D eigenvalue weighted by Crippen LogP contribution is -2.42. The van der Waals surface area contributed by atoms with E-state index >= 15 is 0 Å². The second-order valence-corrected chi connectivity index (χ2v) is 6.09. The smallest absolute Gasteiger partial charge is 0.292 e. The molecule has 0 N–H and O–H groups in total. The van der Waals surface area contributed by atoms with Crippen molar-refractivity contribution >= 4 is 21.7 Å². The van der Waals surface area contributed by atoms with E-state index in [4.69, 9.17) is 4.74 Å². The molecular formula is C21H16NO+. The zero-order valence-corrected chi connectivity index (χ0v) is 12.9. The van der Waals surface area contributed by atoms with Crippen LogP contribution in [0.2, 0.25) is 0 Å². The third-order valence-electron chi connectivity index (χ3n) is 4.77. The van der Waals surface area contributed by atoms with Crippen molar-refractivity contribution in [3.8, 4) is 16.9 Å². The van der Waals surface area contributed by atoms with Crippen molar-refractivity contribution < 1.29 is 9.30 Å². The van der Waals surface area contributed by atoms with Crippen molar-refractivity contribution in [2.24, 2.45) is 0 Å². The van der Waals surface area contributed by atoms with Crippen LogP contribution in [0.15, 0.2) is 66.7 Å². The molecule has 0 amide bonds. The molecule has 0 unspecified atom stereocenters. The van der Waals surface area contributed by atoms with E-state index < -0.39 is 0 Å². The number of hydrogen-bond donors (Lipinski definition) is 0. The molecule has 2 nitrogen and oxygen atoms in total. The Labute approximate surface area is 134 Å². The van der Waals surface area contributed by atoms with Crippen molar-refractivity contribution in [2.75, 3.05) is 0 Å². The minimum absolute atomic E-state index is 0.569. The number of ether oxygens (including phenoxy) is 1. The van der Waals surface area contributed by atoms with Gasteiger partial charge in [0.1, 0.15) is 5.75 Å². The van der Waals surface area contributed by atoms with Gasteiger partial charge in [0, 0.05) is 23.9 Å². The van der Waals surface area contributed by atoms with Crippen LogP contribution in [-0.4, -0.2) is 0 Å². The van der Waals surface area contributed by atoms with Crippen molar-refractivity contribution in [3.63, 3.8) is 0 Å². The van der Waals surface area contributed by atoms with Crippen LogP contribution in [0.25, 0.3) is 32.8 Å². The predicted octanol–water partition coefficient (Wildman–Crippen LogP) is 4.61. The van der Waals surface area contributed by atoms with E-state index in [2.05, 4.69) is 72.2 Å². The Morgan fingerprint density at radius 1 is 0.826 bits per heavy atom. The number of aromatic nitrogens is 1. The summed E-state index contributed by atoms with van der Waals surface area (Å²) in [6, 6.07) is 23.6. The molecule has 1 aliphatic heterocycles. The molecule has 2 heterocycles. The lowest BCUT2D eigenvalue weighted by atomic mass is 9.97. The maximum atomic E-state index is 6.22. The lowest BCUT2D eigenvalue weighted by molar-refractivity contribution is -0.707. The van der Waals surface area contributed by atoms with Crippen LogP contribution in [0, 0.1) is 6.92 Å². The molecular weight excluding hydrogens is 282 g/mol. The molecule has 0 radical (unpaired) electrons. The van der Waals surface area contributed by atoms with Gasteiger partial charge in [-0.15, -0.1) is 0 Å². The summed E-state index contributed by atoms with van der Waals surface area (Å²) in [7, 11) is 0. The minimum Gasteiger partial charge on any atom is -0.434 e. The highest BCUT2D eigenvalue weighted by atomic mass is 16.5. The summed E-state index contributed by atoms with van der Waals surface area (Å²) in [5, 5.41) is 3.71. The van der Waals surface area contributed by atoms with Crippen LogP contribution in [0.4, 0.5) is 0 Å². The molecule has 1 aliphatic rings. The molecule has 0 atom stereocenters. The molecule has 0 aliphatic carbocycles. The van der Waals surface area contributed by atoms with E-state index in [0.29, 0.717) is 6.73 Å². The highest BCUT2D eigenvalue weighted by Crippen LogP contribution is 2.41. The van der Waals surface area contributed by atoms with Crippen LogP contribution >= 0.6 is 0 Å². The zero-order valence-electron chi connectivity index (χ0n) is 12.9. The molecule has 0 fully saturated rings. The molecule has 2 heteroatoms. The van der Waals surface area contributed by atoms with Gasteiger partial charge in [0.05, 0.1) is 5.39 Å². The second kappa shape index (κ2) is 4.56. The van der Waals surface area contributed by atoms with Gasteiger partial charge in [-0.25, -0.2) is 0 Å². The summed E-state index contributed by atoms with van der Waals surface area (Å²) >= 11 is 0. The topological polar surface area (TPSA) is 13.1 Å². The third kappa shape index (κ3) is 1.72. The molecule has 5 rings (SSSR count). The van der Waals surface area contributed by atoms with Crippen LogP contribution in [0.1, 0.15) is 5.69 Å². The fraction of sp³-hybridized carbons (Fsp3) is 0.0952. The predicted molar refractivity (Wildman–Crippen MR) is 92.5 cm³/mol. The van der Waals surface area contributed by atoms with Crippen molar-refractivity contribution in [1.29, 1.82) is 0 Å². The van der Waals surface area contributed by atoms with E-state index in [1.165, 1.54) is 38.5 Å². The highest BCUT2D eigenvalue weighted by molar-refractivity contribution is 6.09. The quantitative estimate of drug-likeness (QED) is 0.369. The van der Waals surface area contributed by atoms with Gasteiger partial charge in [-0.3, -0.25) is 0 Å². The molecule has 0 bridgehead atoms. The largest absolute Gasteiger partial charge is 0.434 e. The van der Waals surface area contributed by atoms with Crippen LogP contribution in [0.5, 0.6) is 5.75 Å². The summed E-state index contributed by atoms with van der Waals surface area (Å²) in [5.41, 5.74) is 4.86. The molecule has 0 saturated heterocycles. The lowest BCUT2D eigenvalue weighted by Gasteiger charge is -2.19. The molecule has 4 aromatic rings. The summed E-state index contributed by atoms with van der Waals surface area (Å²) < 4.78 is 8.48. The van der Waals surface area contributed by atoms with Gasteiger partial charge in [-0.1, -0.05) is 42.5 Å². The fourth-order valence-electron chi connectivity index (χ4n) is 3.58. The van der Waals surface area contributed by atoms with Crippen molar-refractivity contribution in [3.05, 3.63) is 72.4 Å². The Morgan fingerprint density at radius 3 is 2.43 bits per heavy atom. The summed E-state index contributed by atoms with van der Waals surface area (Å²) in [6.45, 7) is 2.70. The Kier molecular flexibility index (Phi) is 2.51. The summed E-state index contributed by atoms with van der Waals surface area (Å²) in [5.74, 6) is 1.00. The Hall–Kier alpha value is -2.87. The summed E-state index contributed by atoms with van der Waals surface area (Å²) in [6.07, 6.45) is 0. The normalized spacial score (nSPS) is 12.7. The highest BCUT2D eigenvalue weighted by Gasteiger charge is 2.26. The SMILES string of the molecule is Cc1ccc2ccc3ccc(-c4ccccc4)c4c3c2[n+]1CO4. The van der Waals surface area contributed by atoms with E-state index in [1.54, 1.807) is 0 Å². The Morgan fingerprint density at radius 2 is 1.57 bits per heavy atom. The average Bonchev–Trinajstić information content (AvgIpc) is 2.62. The molecule has 0 spiro atoms. The van der Waals surface area contributed by atoms with E-state index in [1.807, 2.05) is 6.07 Å².